The van der Waals surface area contributed by atoms with E-state index in [9.17, 15) is 10.1 Å². The summed E-state index contributed by atoms with van der Waals surface area (Å²) in [7, 11) is 1.78. The van der Waals surface area contributed by atoms with Crippen LogP contribution in [0.15, 0.2) is 30.5 Å². The van der Waals surface area contributed by atoms with Crippen LogP contribution in [-0.4, -0.2) is 14.5 Å². The Morgan fingerprint density at radius 1 is 1.38 bits per heavy atom. The number of aromatic nitrogens is 2. The highest BCUT2D eigenvalue weighted by atomic mass is 35.5. The van der Waals surface area contributed by atoms with Crippen LogP contribution in [0.25, 0.3) is 11.4 Å². The average molecular weight is 238 g/mol. The SMILES string of the molecule is Cn1c(Cl)cnc1-c1ccc([N+](=O)[O-])cc1. The molecule has 0 amide bonds. The minimum Gasteiger partial charge on any atom is -0.318 e. The Morgan fingerprint density at radius 3 is 2.44 bits per heavy atom. The van der Waals surface area contributed by atoms with Gasteiger partial charge in [0.15, 0.2) is 0 Å². The van der Waals surface area contributed by atoms with Gasteiger partial charge in [0.25, 0.3) is 5.69 Å². The Kier molecular flexibility index (Phi) is 2.62. The molecule has 0 N–H and O–H groups in total. The van der Waals surface area contributed by atoms with Crippen molar-refractivity contribution in [3.63, 3.8) is 0 Å². The molecule has 0 spiro atoms. The first-order valence-corrected chi connectivity index (χ1v) is 4.89. The van der Waals surface area contributed by atoms with E-state index in [1.807, 2.05) is 0 Å². The second kappa shape index (κ2) is 3.94. The first-order chi connectivity index (χ1) is 7.59. The molecule has 0 aliphatic rings. The van der Waals surface area contributed by atoms with Gasteiger partial charge >= 0.3 is 0 Å². The van der Waals surface area contributed by atoms with E-state index >= 15 is 0 Å². The van der Waals surface area contributed by atoms with Crippen molar-refractivity contribution >= 4 is 17.3 Å². The van der Waals surface area contributed by atoms with Gasteiger partial charge in [0.05, 0.1) is 11.1 Å². The van der Waals surface area contributed by atoms with E-state index in [0.717, 1.165) is 5.56 Å². The van der Waals surface area contributed by atoms with Crippen LogP contribution in [0.2, 0.25) is 5.15 Å². The second-order valence-electron chi connectivity index (χ2n) is 3.27. The number of hydrogen-bond donors (Lipinski definition) is 0. The third-order valence-electron chi connectivity index (χ3n) is 2.27. The summed E-state index contributed by atoms with van der Waals surface area (Å²) in [4.78, 5) is 14.2. The predicted molar refractivity (Wildman–Crippen MR) is 60.3 cm³/mol. The molecule has 1 aromatic heterocycles. The molecule has 82 valence electrons. The van der Waals surface area contributed by atoms with Crippen LogP contribution in [0.4, 0.5) is 5.69 Å². The Labute approximate surface area is 96.4 Å². The molecule has 0 atom stereocenters. The average Bonchev–Trinajstić information content (AvgIpc) is 2.60. The molecule has 0 aliphatic heterocycles. The topological polar surface area (TPSA) is 61.0 Å². The molecule has 0 bridgehead atoms. The van der Waals surface area contributed by atoms with Gasteiger partial charge in [-0.2, -0.15) is 0 Å². The Morgan fingerprint density at radius 2 is 2.00 bits per heavy atom. The molecule has 1 aromatic carbocycles. The van der Waals surface area contributed by atoms with Gasteiger partial charge < -0.3 is 4.57 Å². The lowest BCUT2D eigenvalue weighted by Crippen LogP contribution is -1.93. The quantitative estimate of drug-likeness (QED) is 0.596. The summed E-state index contributed by atoms with van der Waals surface area (Å²) >= 11 is 5.85. The highest BCUT2D eigenvalue weighted by Gasteiger charge is 2.09. The molecule has 0 saturated carbocycles. The Hall–Kier alpha value is -1.88. The summed E-state index contributed by atoms with van der Waals surface area (Å²) in [5, 5.41) is 11.0. The number of imidazole rings is 1. The van der Waals surface area contributed by atoms with Gasteiger partial charge in [0.1, 0.15) is 11.0 Å². The summed E-state index contributed by atoms with van der Waals surface area (Å²) < 4.78 is 1.71. The van der Waals surface area contributed by atoms with Crippen LogP contribution in [-0.2, 0) is 7.05 Å². The van der Waals surface area contributed by atoms with Gasteiger partial charge in [0.2, 0.25) is 0 Å². The lowest BCUT2D eigenvalue weighted by atomic mass is 10.2. The van der Waals surface area contributed by atoms with E-state index in [4.69, 9.17) is 11.6 Å². The third kappa shape index (κ3) is 1.77. The zero-order chi connectivity index (χ0) is 11.7. The number of benzene rings is 1. The van der Waals surface area contributed by atoms with Crippen LogP contribution in [0.5, 0.6) is 0 Å². The predicted octanol–water partition coefficient (Wildman–Crippen LogP) is 2.65. The van der Waals surface area contributed by atoms with Crippen molar-refractivity contribution in [2.24, 2.45) is 7.05 Å². The van der Waals surface area contributed by atoms with Crippen LogP contribution < -0.4 is 0 Å². The van der Waals surface area contributed by atoms with Crippen molar-refractivity contribution < 1.29 is 4.92 Å². The summed E-state index contributed by atoms with van der Waals surface area (Å²) in [6.45, 7) is 0. The van der Waals surface area contributed by atoms with Crippen molar-refractivity contribution in [1.82, 2.24) is 9.55 Å². The van der Waals surface area contributed by atoms with Crippen LogP contribution in [0.3, 0.4) is 0 Å². The van der Waals surface area contributed by atoms with E-state index < -0.39 is 4.92 Å². The van der Waals surface area contributed by atoms with Crippen LogP contribution in [0, 0.1) is 10.1 Å². The molecule has 5 nitrogen and oxygen atoms in total. The Bertz CT molecular complexity index is 533. The molecule has 0 fully saturated rings. The van der Waals surface area contributed by atoms with E-state index in [1.165, 1.54) is 18.3 Å². The van der Waals surface area contributed by atoms with E-state index in [-0.39, 0.29) is 5.69 Å². The highest BCUT2D eigenvalue weighted by Crippen LogP contribution is 2.23. The normalized spacial score (nSPS) is 10.4. The summed E-state index contributed by atoms with van der Waals surface area (Å²) in [5.74, 6) is 0.680. The molecule has 16 heavy (non-hydrogen) atoms. The standard InChI is InChI=1S/C10H8ClN3O2/c1-13-9(11)6-12-10(13)7-2-4-8(5-3-7)14(15)16/h2-6H,1H3. The molecule has 2 rings (SSSR count). The summed E-state index contributed by atoms with van der Waals surface area (Å²) in [5.41, 5.74) is 0.851. The lowest BCUT2D eigenvalue weighted by molar-refractivity contribution is -0.384. The summed E-state index contributed by atoms with van der Waals surface area (Å²) in [6.07, 6.45) is 1.54. The number of rotatable bonds is 2. The molecule has 0 radical (unpaired) electrons. The number of nitro benzene ring substituents is 1. The van der Waals surface area contributed by atoms with Crippen LogP contribution >= 0.6 is 11.6 Å². The zero-order valence-electron chi connectivity index (χ0n) is 8.42. The van der Waals surface area contributed by atoms with Gasteiger partial charge in [-0.15, -0.1) is 0 Å². The van der Waals surface area contributed by atoms with Crippen molar-refractivity contribution in [1.29, 1.82) is 0 Å². The number of halogens is 1. The molecule has 0 saturated heterocycles. The maximum Gasteiger partial charge on any atom is 0.269 e. The van der Waals surface area contributed by atoms with Gasteiger partial charge in [-0.25, -0.2) is 4.98 Å². The maximum absolute atomic E-state index is 10.5. The number of hydrogen-bond acceptors (Lipinski definition) is 3. The van der Waals surface area contributed by atoms with Crippen molar-refractivity contribution in [3.8, 4) is 11.4 Å². The maximum atomic E-state index is 10.5. The minimum atomic E-state index is -0.435. The molecule has 1 heterocycles. The van der Waals surface area contributed by atoms with Crippen molar-refractivity contribution in [2.75, 3.05) is 0 Å². The smallest absolute Gasteiger partial charge is 0.269 e. The fraction of sp³-hybridized carbons (Fsp3) is 0.100. The van der Waals surface area contributed by atoms with Gasteiger partial charge in [-0.05, 0) is 12.1 Å². The molecular weight excluding hydrogens is 230 g/mol. The number of nitro groups is 1. The summed E-state index contributed by atoms with van der Waals surface area (Å²) in [6, 6.07) is 6.18. The van der Waals surface area contributed by atoms with Crippen LogP contribution in [0.1, 0.15) is 0 Å². The van der Waals surface area contributed by atoms with Crippen molar-refractivity contribution in [2.45, 2.75) is 0 Å². The van der Waals surface area contributed by atoms with E-state index in [0.29, 0.717) is 11.0 Å². The fourth-order valence-corrected chi connectivity index (χ4v) is 1.52. The van der Waals surface area contributed by atoms with E-state index in [1.54, 1.807) is 23.7 Å². The fourth-order valence-electron chi connectivity index (χ4n) is 1.39. The molecule has 0 unspecified atom stereocenters. The first-order valence-electron chi connectivity index (χ1n) is 4.51. The van der Waals surface area contributed by atoms with Crippen molar-refractivity contribution in [3.05, 3.63) is 45.7 Å². The second-order valence-corrected chi connectivity index (χ2v) is 3.65. The number of non-ortho nitro benzene ring substituents is 1. The molecular formula is C10H8ClN3O2. The largest absolute Gasteiger partial charge is 0.318 e. The monoisotopic (exact) mass is 237 g/mol. The third-order valence-corrected chi connectivity index (χ3v) is 2.62. The minimum absolute atomic E-state index is 0.0593. The highest BCUT2D eigenvalue weighted by molar-refractivity contribution is 6.29. The molecule has 0 aliphatic carbocycles. The van der Waals surface area contributed by atoms with E-state index in [2.05, 4.69) is 4.98 Å². The van der Waals surface area contributed by atoms with Gasteiger partial charge in [-0.1, -0.05) is 11.6 Å². The molecule has 6 heteroatoms. The van der Waals surface area contributed by atoms with Gasteiger partial charge in [-0.3, -0.25) is 10.1 Å². The molecule has 2 aromatic rings. The first kappa shape index (κ1) is 10.6. The Balaban J connectivity index is 2.42. The van der Waals surface area contributed by atoms with Gasteiger partial charge in [0, 0.05) is 24.7 Å². The number of nitrogens with zero attached hydrogens (tertiary/aromatic N) is 3. The zero-order valence-corrected chi connectivity index (χ0v) is 9.18. The lowest BCUT2D eigenvalue weighted by Gasteiger charge is -2.01.